The third-order valence-electron chi connectivity index (χ3n) is 2.49. The Labute approximate surface area is 109 Å². The van der Waals surface area contributed by atoms with Gasteiger partial charge in [-0.2, -0.15) is 0 Å². The van der Waals surface area contributed by atoms with Gasteiger partial charge in [-0.3, -0.25) is 4.99 Å². The summed E-state index contributed by atoms with van der Waals surface area (Å²) >= 11 is 0. The molecule has 4 heteroatoms. The quantitative estimate of drug-likeness (QED) is 0.597. The number of benzene rings is 1. The van der Waals surface area contributed by atoms with Gasteiger partial charge < -0.3 is 15.4 Å². The van der Waals surface area contributed by atoms with Crippen LogP contribution >= 0.6 is 0 Å². The molecule has 4 nitrogen and oxygen atoms in total. The third kappa shape index (κ3) is 5.08. The molecule has 0 unspecified atom stereocenters. The lowest BCUT2D eigenvalue weighted by Gasteiger charge is -2.09. The van der Waals surface area contributed by atoms with Gasteiger partial charge in [0.15, 0.2) is 5.96 Å². The van der Waals surface area contributed by atoms with Crippen molar-refractivity contribution in [1.82, 2.24) is 10.6 Å². The molecule has 0 saturated carbocycles. The highest BCUT2D eigenvalue weighted by Gasteiger charge is 1.97. The van der Waals surface area contributed by atoms with Crippen LogP contribution in [0.4, 0.5) is 0 Å². The molecule has 1 aromatic carbocycles. The second kappa shape index (κ2) is 8.39. The van der Waals surface area contributed by atoms with E-state index in [2.05, 4.69) is 41.6 Å². The maximum absolute atomic E-state index is 5.20. The van der Waals surface area contributed by atoms with Crippen LogP contribution in [0.5, 0.6) is 5.75 Å². The highest BCUT2D eigenvalue weighted by Crippen LogP contribution is 2.12. The van der Waals surface area contributed by atoms with E-state index in [4.69, 9.17) is 4.74 Å². The Hall–Kier alpha value is -1.71. The number of nitrogens with zero attached hydrogens (tertiary/aromatic N) is 1. The van der Waals surface area contributed by atoms with Gasteiger partial charge in [-0.15, -0.1) is 0 Å². The van der Waals surface area contributed by atoms with Gasteiger partial charge in [-0.25, -0.2) is 0 Å². The summed E-state index contributed by atoms with van der Waals surface area (Å²) in [6.45, 7) is 6.66. The van der Waals surface area contributed by atoms with Gasteiger partial charge in [0.25, 0.3) is 0 Å². The first-order valence-corrected chi connectivity index (χ1v) is 6.45. The molecular formula is C14H23N3O. The van der Waals surface area contributed by atoms with E-state index >= 15 is 0 Å². The zero-order chi connectivity index (χ0) is 13.2. The lowest BCUT2D eigenvalue weighted by molar-refractivity contribution is 0.414. The van der Waals surface area contributed by atoms with Crippen molar-refractivity contribution in [3.8, 4) is 5.75 Å². The van der Waals surface area contributed by atoms with Gasteiger partial charge in [0, 0.05) is 19.6 Å². The fourth-order valence-electron chi connectivity index (χ4n) is 1.63. The number of guanidine groups is 1. The maximum atomic E-state index is 5.20. The van der Waals surface area contributed by atoms with Gasteiger partial charge in [0.2, 0.25) is 0 Å². The molecular weight excluding hydrogens is 226 g/mol. The number of nitrogens with one attached hydrogen (secondary N) is 2. The summed E-state index contributed by atoms with van der Waals surface area (Å²) in [4.78, 5) is 4.51. The molecule has 0 saturated heterocycles. The van der Waals surface area contributed by atoms with E-state index in [0.717, 1.165) is 37.8 Å². The largest absolute Gasteiger partial charge is 0.497 e. The van der Waals surface area contributed by atoms with Crippen molar-refractivity contribution >= 4 is 5.96 Å². The fraction of sp³-hybridized carbons (Fsp3) is 0.500. The van der Waals surface area contributed by atoms with Crippen LogP contribution in [0.15, 0.2) is 29.3 Å². The molecule has 0 aliphatic heterocycles. The van der Waals surface area contributed by atoms with Crippen molar-refractivity contribution in [2.24, 2.45) is 4.99 Å². The predicted molar refractivity (Wildman–Crippen MR) is 76.4 cm³/mol. The van der Waals surface area contributed by atoms with Crippen LogP contribution in [0.3, 0.4) is 0 Å². The highest BCUT2D eigenvalue weighted by molar-refractivity contribution is 5.79. The van der Waals surface area contributed by atoms with E-state index in [-0.39, 0.29) is 0 Å². The van der Waals surface area contributed by atoms with E-state index in [1.165, 1.54) is 5.56 Å². The standard InChI is InChI=1S/C14H23N3O/c1-4-15-14(16-5-2)17-10-9-12-7-6-8-13(11-12)18-3/h6-8,11H,4-5,9-10H2,1-3H3,(H2,15,16,17). The summed E-state index contributed by atoms with van der Waals surface area (Å²) in [5, 5.41) is 6.41. The number of methoxy groups -OCH3 is 1. The number of aliphatic imine (C=N–C) groups is 1. The third-order valence-corrected chi connectivity index (χ3v) is 2.49. The average Bonchev–Trinajstić information content (AvgIpc) is 2.39. The van der Waals surface area contributed by atoms with Crippen LogP contribution in [0, 0.1) is 0 Å². The van der Waals surface area contributed by atoms with Gasteiger partial charge in [0.05, 0.1) is 7.11 Å². The molecule has 0 aliphatic carbocycles. The minimum Gasteiger partial charge on any atom is -0.497 e. The Morgan fingerprint density at radius 1 is 1.22 bits per heavy atom. The zero-order valence-electron chi connectivity index (χ0n) is 11.5. The highest BCUT2D eigenvalue weighted by atomic mass is 16.5. The molecule has 0 fully saturated rings. The lowest BCUT2D eigenvalue weighted by atomic mass is 10.1. The summed E-state index contributed by atoms with van der Waals surface area (Å²) in [6, 6.07) is 8.11. The summed E-state index contributed by atoms with van der Waals surface area (Å²) in [5.41, 5.74) is 1.24. The topological polar surface area (TPSA) is 45.7 Å². The first-order chi connectivity index (χ1) is 8.80. The zero-order valence-corrected chi connectivity index (χ0v) is 11.5. The molecule has 2 N–H and O–H groups in total. The fourth-order valence-corrected chi connectivity index (χ4v) is 1.63. The Balaban J connectivity index is 2.49. The van der Waals surface area contributed by atoms with Crippen molar-refractivity contribution in [1.29, 1.82) is 0 Å². The van der Waals surface area contributed by atoms with Gasteiger partial charge >= 0.3 is 0 Å². The Bertz CT molecular complexity index is 369. The lowest BCUT2D eigenvalue weighted by Crippen LogP contribution is -2.37. The number of hydrogen-bond donors (Lipinski definition) is 2. The molecule has 0 atom stereocenters. The first-order valence-electron chi connectivity index (χ1n) is 6.45. The van der Waals surface area contributed by atoms with Crippen molar-refractivity contribution in [2.75, 3.05) is 26.7 Å². The van der Waals surface area contributed by atoms with E-state index in [1.54, 1.807) is 7.11 Å². The summed E-state index contributed by atoms with van der Waals surface area (Å²) in [6.07, 6.45) is 0.914. The van der Waals surface area contributed by atoms with Crippen molar-refractivity contribution in [3.63, 3.8) is 0 Å². The minimum atomic E-state index is 0.766. The molecule has 1 rings (SSSR count). The molecule has 0 spiro atoms. The van der Waals surface area contributed by atoms with E-state index in [9.17, 15) is 0 Å². The molecule has 0 heterocycles. The minimum absolute atomic E-state index is 0.766. The summed E-state index contributed by atoms with van der Waals surface area (Å²) in [7, 11) is 1.69. The Morgan fingerprint density at radius 3 is 2.56 bits per heavy atom. The number of hydrogen-bond acceptors (Lipinski definition) is 2. The second-order valence-electron chi connectivity index (χ2n) is 3.89. The number of ether oxygens (including phenoxy) is 1. The summed E-state index contributed by atoms with van der Waals surface area (Å²) in [5.74, 6) is 1.78. The van der Waals surface area contributed by atoms with Crippen LogP contribution in [-0.4, -0.2) is 32.7 Å². The smallest absolute Gasteiger partial charge is 0.191 e. The van der Waals surface area contributed by atoms with Gasteiger partial charge in [-0.1, -0.05) is 12.1 Å². The Morgan fingerprint density at radius 2 is 1.94 bits per heavy atom. The molecule has 100 valence electrons. The Kier molecular flexibility index (Phi) is 6.69. The van der Waals surface area contributed by atoms with Crippen LogP contribution in [0.25, 0.3) is 0 Å². The van der Waals surface area contributed by atoms with E-state index < -0.39 is 0 Å². The summed E-state index contributed by atoms with van der Waals surface area (Å²) < 4.78 is 5.20. The van der Waals surface area contributed by atoms with Gasteiger partial charge in [0.1, 0.15) is 5.75 Å². The molecule has 1 aromatic rings. The normalized spacial score (nSPS) is 9.72. The average molecular weight is 249 g/mol. The molecule has 0 aliphatic rings. The van der Waals surface area contributed by atoms with Crippen molar-refractivity contribution < 1.29 is 4.74 Å². The van der Waals surface area contributed by atoms with Gasteiger partial charge in [-0.05, 0) is 38.0 Å². The first kappa shape index (κ1) is 14.4. The van der Waals surface area contributed by atoms with Crippen LogP contribution in [0.1, 0.15) is 19.4 Å². The van der Waals surface area contributed by atoms with Crippen LogP contribution < -0.4 is 15.4 Å². The molecule has 0 aromatic heterocycles. The monoisotopic (exact) mass is 249 g/mol. The van der Waals surface area contributed by atoms with Crippen molar-refractivity contribution in [2.45, 2.75) is 20.3 Å². The van der Waals surface area contributed by atoms with Crippen LogP contribution in [-0.2, 0) is 6.42 Å². The SMILES string of the molecule is CCNC(=NCCc1cccc(OC)c1)NCC. The van der Waals surface area contributed by atoms with Crippen molar-refractivity contribution in [3.05, 3.63) is 29.8 Å². The maximum Gasteiger partial charge on any atom is 0.191 e. The van der Waals surface area contributed by atoms with E-state index in [1.807, 2.05) is 12.1 Å². The van der Waals surface area contributed by atoms with Crippen LogP contribution in [0.2, 0.25) is 0 Å². The number of rotatable bonds is 6. The molecule has 0 amide bonds. The second-order valence-corrected chi connectivity index (χ2v) is 3.89. The van der Waals surface area contributed by atoms with E-state index in [0.29, 0.717) is 0 Å². The molecule has 0 bridgehead atoms. The predicted octanol–water partition coefficient (Wildman–Crippen LogP) is 1.81. The molecule has 18 heavy (non-hydrogen) atoms. The molecule has 0 radical (unpaired) electrons.